The Kier molecular flexibility index (Phi) is 8.40. The number of benzene rings is 1. The van der Waals surface area contributed by atoms with Gasteiger partial charge in [0.25, 0.3) is 0 Å². The van der Waals surface area contributed by atoms with Crippen LogP contribution in [0.5, 0.6) is 0 Å². The Morgan fingerprint density at radius 3 is 2.37 bits per heavy atom. The molecule has 2 aliphatic rings. The van der Waals surface area contributed by atoms with Crippen molar-refractivity contribution >= 4 is 17.6 Å². The number of nitrogens with zero attached hydrogens (tertiary/aromatic N) is 2. The topological polar surface area (TPSA) is 66.0 Å². The SMILES string of the molecule is CCOC(=O)C1CCC(NC(=NC)NCc2ccc(N3CCC(C)CC3)cc2)CC1. The molecule has 0 radical (unpaired) electrons. The van der Waals surface area contributed by atoms with Crippen molar-refractivity contribution in [1.29, 1.82) is 0 Å². The smallest absolute Gasteiger partial charge is 0.308 e. The van der Waals surface area contributed by atoms with Crippen LogP contribution in [0.4, 0.5) is 5.69 Å². The van der Waals surface area contributed by atoms with Crippen LogP contribution in [0.2, 0.25) is 0 Å². The van der Waals surface area contributed by atoms with Crippen molar-refractivity contribution in [2.75, 3.05) is 31.6 Å². The number of aliphatic imine (C=N–C) groups is 1. The van der Waals surface area contributed by atoms with Crippen LogP contribution in [0.15, 0.2) is 29.3 Å². The van der Waals surface area contributed by atoms with Crippen LogP contribution >= 0.6 is 0 Å². The van der Waals surface area contributed by atoms with Gasteiger partial charge in [-0.25, -0.2) is 0 Å². The second kappa shape index (κ2) is 11.2. The van der Waals surface area contributed by atoms with Gasteiger partial charge in [0.1, 0.15) is 0 Å². The van der Waals surface area contributed by atoms with Gasteiger partial charge in [-0.15, -0.1) is 0 Å². The first-order chi connectivity index (χ1) is 14.6. The molecule has 6 heteroatoms. The van der Waals surface area contributed by atoms with Gasteiger partial charge in [-0.05, 0) is 69.1 Å². The van der Waals surface area contributed by atoms with Gasteiger partial charge >= 0.3 is 5.97 Å². The monoisotopic (exact) mass is 414 g/mol. The standard InChI is InChI=1S/C24H38N4O2/c1-4-30-23(29)20-7-9-21(10-8-20)27-24(25-3)26-17-19-5-11-22(12-6-19)28-15-13-18(2)14-16-28/h5-6,11-12,18,20-21H,4,7-10,13-17H2,1-3H3,(H2,25,26,27). The number of nitrogens with one attached hydrogen (secondary N) is 2. The summed E-state index contributed by atoms with van der Waals surface area (Å²) < 4.78 is 5.16. The molecule has 1 aliphatic carbocycles. The van der Waals surface area contributed by atoms with E-state index in [1.165, 1.54) is 24.1 Å². The quantitative estimate of drug-likeness (QED) is 0.422. The van der Waals surface area contributed by atoms with Crippen LogP contribution < -0.4 is 15.5 Å². The molecule has 0 aromatic heterocycles. The Labute approximate surface area is 181 Å². The van der Waals surface area contributed by atoms with E-state index in [1.807, 2.05) is 6.92 Å². The molecule has 166 valence electrons. The van der Waals surface area contributed by atoms with Crippen molar-refractivity contribution < 1.29 is 9.53 Å². The lowest BCUT2D eigenvalue weighted by molar-refractivity contribution is -0.149. The summed E-state index contributed by atoms with van der Waals surface area (Å²) in [6, 6.07) is 9.24. The van der Waals surface area contributed by atoms with Crippen molar-refractivity contribution in [2.45, 2.75) is 65.0 Å². The van der Waals surface area contributed by atoms with E-state index in [4.69, 9.17) is 4.74 Å². The Hall–Kier alpha value is -2.24. The third-order valence-corrected chi connectivity index (χ3v) is 6.46. The second-order valence-electron chi connectivity index (χ2n) is 8.71. The van der Waals surface area contributed by atoms with Crippen LogP contribution in [-0.4, -0.2) is 44.7 Å². The number of hydrogen-bond acceptors (Lipinski definition) is 4. The molecule has 0 unspecified atom stereocenters. The van der Waals surface area contributed by atoms with Crippen LogP contribution in [0.25, 0.3) is 0 Å². The Morgan fingerprint density at radius 2 is 1.77 bits per heavy atom. The van der Waals surface area contributed by atoms with Crippen molar-refractivity contribution in [3.05, 3.63) is 29.8 Å². The number of carbonyl (C=O) groups excluding carboxylic acids is 1. The van der Waals surface area contributed by atoms with Gasteiger partial charge in [0, 0.05) is 38.4 Å². The maximum absolute atomic E-state index is 11.9. The fourth-order valence-electron chi connectivity index (χ4n) is 4.40. The van der Waals surface area contributed by atoms with Gasteiger partial charge in [0.05, 0.1) is 12.5 Å². The average Bonchev–Trinajstić information content (AvgIpc) is 2.78. The van der Waals surface area contributed by atoms with Crippen molar-refractivity contribution in [2.24, 2.45) is 16.8 Å². The van der Waals surface area contributed by atoms with E-state index in [-0.39, 0.29) is 11.9 Å². The molecule has 1 aliphatic heterocycles. The molecule has 30 heavy (non-hydrogen) atoms. The lowest BCUT2D eigenvalue weighted by atomic mass is 9.86. The lowest BCUT2D eigenvalue weighted by Gasteiger charge is -2.32. The minimum Gasteiger partial charge on any atom is -0.466 e. The lowest BCUT2D eigenvalue weighted by Crippen LogP contribution is -2.45. The highest BCUT2D eigenvalue weighted by molar-refractivity contribution is 5.80. The molecule has 2 fully saturated rings. The molecule has 0 amide bonds. The zero-order chi connectivity index (χ0) is 21.3. The summed E-state index contributed by atoms with van der Waals surface area (Å²) in [5, 5.41) is 6.94. The number of anilines is 1. The molecule has 1 saturated carbocycles. The molecule has 1 heterocycles. The van der Waals surface area contributed by atoms with Crippen LogP contribution in [0.1, 0.15) is 57.9 Å². The maximum Gasteiger partial charge on any atom is 0.308 e. The summed E-state index contributed by atoms with van der Waals surface area (Å²) in [6.07, 6.45) is 6.26. The Balaban J connectivity index is 1.42. The summed E-state index contributed by atoms with van der Waals surface area (Å²) in [4.78, 5) is 18.8. The summed E-state index contributed by atoms with van der Waals surface area (Å²) in [6.45, 7) is 7.74. The summed E-state index contributed by atoms with van der Waals surface area (Å²) in [5.41, 5.74) is 2.57. The van der Waals surface area contributed by atoms with Gasteiger partial charge in [-0.3, -0.25) is 9.79 Å². The molecular weight excluding hydrogens is 376 g/mol. The zero-order valence-electron chi connectivity index (χ0n) is 18.8. The third-order valence-electron chi connectivity index (χ3n) is 6.46. The van der Waals surface area contributed by atoms with E-state index >= 15 is 0 Å². The summed E-state index contributed by atoms with van der Waals surface area (Å²) >= 11 is 0. The first-order valence-electron chi connectivity index (χ1n) is 11.6. The number of hydrogen-bond donors (Lipinski definition) is 2. The fourth-order valence-corrected chi connectivity index (χ4v) is 4.40. The number of rotatable bonds is 6. The number of piperidine rings is 1. The van der Waals surface area contributed by atoms with Crippen LogP contribution in [0.3, 0.4) is 0 Å². The van der Waals surface area contributed by atoms with Crippen molar-refractivity contribution in [3.63, 3.8) is 0 Å². The minimum atomic E-state index is -0.0408. The molecule has 1 aromatic carbocycles. The normalized spacial score (nSPS) is 23.2. The predicted molar refractivity (Wildman–Crippen MR) is 123 cm³/mol. The number of esters is 1. The second-order valence-corrected chi connectivity index (χ2v) is 8.71. The number of guanidine groups is 1. The highest BCUT2D eigenvalue weighted by Crippen LogP contribution is 2.25. The molecule has 1 aromatic rings. The van der Waals surface area contributed by atoms with Gasteiger partial charge in [-0.1, -0.05) is 19.1 Å². The summed E-state index contributed by atoms with van der Waals surface area (Å²) in [7, 11) is 1.81. The average molecular weight is 415 g/mol. The molecule has 2 N–H and O–H groups in total. The molecule has 0 atom stereocenters. The van der Waals surface area contributed by atoms with Gasteiger partial charge in [-0.2, -0.15) is 0 Å². The van der Waals surface area contributed by atoms with Gasteiger partial charge < -0.3 is 20.3 Å². The van der Waals surface area contributed by atoms with E-state index in [1.54, 1.807) is 7.05 Å². The molecule has 6 nitrogen and oxygen atoms in total. The highest BCUT2D eigenvalue weighted by atomic mass is 16.5. The number of ether oxygens (including phenoxy) is 1. The van der Waals surface area contributed by atoms with Crippen LogP contribution in [0, 0.1) is 11.8 Å². The van der Waals surface area contributed by atoms with Gasteiger partial charge in [0.15, 0.2) is 5.96 Å². The van der Waals surface area contributed by atoms with Crippen LogP contribution in [-0.2, 0) is 16.1 Å². The fraction of sp³-hybridized carbons (Fsp3) is 0.667. The summed E-state index contributed by atoms with van der Waals surface area (Å²) in [5.74, 6) is 1.69. The highest BCUT2D eigenvalue weighted by Gasteiger charge is 2.27. The largest absolute Gasteiger partial charge is 0.466 e. The maximum atomic E-state index is 11.9. The first kappa shape index (κ1) is 22.4. The van der Waals surface area contributed by atoms with Crippen molar-refractivity contribution in [3.8, 4) is 0 Å². The van der Waals surface area contributed by atoms with E-state index < -0.39 is 0 Å². The predicted octanol–water partition coefficient (Wildman–Crippen LogP) is 3.71. The minimum absolute atomic E-state index is 0.0408. The zero-order valence-corrected chi connectivity index (χ0v) is 18.8. The first-order valence-corrected chi connectivity index (χ1v) is 11.6. The third kappa shape index (κ3) is 6.38. The van der Waals surface area contributed by atoms with E-state index in [0.29, 0.717) is 12.6 Å². The molecule has 3 rings (SSSR count). The van der Waals surface area contributed by atoms with E-state index in [2.05, 4.69) is 51.7 Å². The molecular formula is C24H38N4O2. The Morgan fingerprint density at radius 1 is 1.10 bits per heavy atom. The van der Waals surface area contributed by atoms with Crippen molar-refractivity contribution in [1.82, 2.24) is 10.6 Å². The van der Waals surface area contributed by atoms with E-state index in [0.717, 1.165) is 57.2 Å². The van der Waals surface area contributed by atoms with Gasteiger partial charge in [0.2, 0.25) is 0 Å². The molecule has 1 saturated heterocycles. The number of carbonyl (C=O) groups is 1. The molecule has 0 bridgehead atoms. The van der Waals surface area contributed by atoms with E-state index in [9.17, 15) is 4.79 Å². The Bertz CT molecular complexity index is 688. The molecule has 0 spiro atoms.